The van der Waals surface area contributed by atoms with Crippen molar-refractivity contribution in [3.05, 3.63) is 71.5 Å². The van der Waals surface area contributed by atoms with Crippen molar-refractivity contribution >= 4 is 5.84 Å². The van der Waals surface area contributed by atoms with E-state index in [1.165, 1.54) is 12.1 Å². The monoisotopic (exact) mass is 242 g/mol. The normalized spacial score (nSPS) is 13.3. The zero-order chi connectivity index (χ0) is 13.0. The van der Waals surface area contributed by atoms with Crippen LogP contribution in [0.1, 0.15) is 24.1 Å². The van der Waals surface area contributed by atoms with Gasteiger partial charge in [-0.3, -0.25) is 4.99 Å². The number of halogens is 1. The molecule has 18 heavy (non-hydrogen) atoms. The summed E-state index contributed by atoms with van der Waals surface area (Å²) < 4.78 is 12.8. The number of benzene rings is 2. The second-order valence-electron chi connectivity index (χ2n) is 4.11. The number of amidine groups is 1. The van der Waals surface area contributed by atoms with Gasteiger partial charge in [-0.1, -0.05) is 42.5 Å². The van der Waals surface area contributed by atoms with E-state index in [0.29, 0.717) is 5.84 Å². The summed E-state index contributed by atoms with van der Waals surface area (Å²) in [6, 6.07) is 15.8. The molecule has 2 aromatic carbocycles. The maximum Gasteiger partial charge on any atom is 0.126 e. The van der Waals surface area contributed by atoms with Gasteiger partial charge in [0.05, 0.1) is 6.04 Å². The lowest BCUT2D eigenvalue weighted by molar-refractivity contribution is 0.626. The molecule has 2 nitrogen and oxygen atoms in total. The van der Waals surface area contributed by atoms with Crippen LogP contribution >= 0.6 is 0 Å². The van der Waals surface area contributed by atoms with Crippen molar-refractivity contribution in [1.29, 1.82) is 0 Å². The topological polar surface area (TPSA) is 38.4 Å². The van der Waals surface area contributed by atoms with Gasteiger partial charge >= 0.3 is 0 Å². The highest BCUT2D eigenvalue weighted by Crippen LogP contribution is 2.17. The summed E-state index contributed by atoms with van der Waals surface area (Å²) in [6.07, 6.45) is 0. The number of nitrogens with zero attached hydrogens (tertiary/aromatic N) is 1. The van der Waals surface area contributed by atoms with Crippen LogP contribution < -0.4 is 5.73 Å². The molecule has 0 aliphatic carbocycles. The molecule has 2 N–H and O–H groups in total. The molecule has 0 heterocycles. The SMILES string of the molecule is CC(N=C(N)c1ccccc1)c1ccc(F)cc1. The van der Waals surface area contributed by atoms with Crippen LogP contribution in [0.2, 0.25) is 0 Å². The average molecular weight is 242 g/mol. The van der Waals surface area contributed by atoms with Crippen LogP contribution in [0.3, 0.4) is 0 Å². The highest BCUT2D eigenvalue weighted by molar-refractivity contribution is 5.97. The Morgan fingerprint density at radius 1 is 1.06 bits per heavy atom. The molecule has 3 heteroatoms. The van der Waals surface area contributed by atoms with Gasteiger partial charge in [0.25, 0.3) is 0 Å². The van der Waals surface area contributed by atoms with E-state index in [-0.39, 0.29) is 11.9 Å². The summed E-state index contributed by atoms with van der Waals surface area (Å²) in [5.41, 5.74) is 7.77. The van der Waals surface area contributed by atoms with Crippen molar-refractivity contribution in [2.75, 3.05) is 0 Å². The van der Waals surface area contributed by atoms with Crippen molar-refractivity contribution < 1.29 is 4.39 Å². The molecule has 0 amide bonds. The lowest BCUT2D eigenvalue weighted by atomic mass is 10.1. The van der Waals surface area contributed by atoms with Crippen LogP contribution in [0.15, 0.2) is 59.6 Å². The molecule has 0 fully saturated rings. The zero-order valence-corrected chi connectivity index (χ0v) is 10.2. The number of aliphatic imine (C=N–C) groups is 1. The number of rotatable bonds is 3. The summed E-state index contributed by atoms with van der Waals surface area (Å²) in [6.45, 7) is 1.93. The van der Waals surface area contributed by atoms with Gasteiger partial charge in [0.15, 0.2) is 0 Å². The Balaban J connectivity index is 2.20. The maximum absolute atomic E-state index is 12.8. The fourth-order valence-electron chi connectivity index (χ4n) is 1.71. The predicted molar refractivity (Wildman–Crippen MR) is 72.0 cm³/mol. The Hall–Kier alpha value is -2.16. The van der Waals surface area contributed by atoms with Crippen molar-refractivity contribution in [1.82, 2.24) is 0 Å². The molecule has 0 saturated carbocycles. The lowest BCUT2D eigenvalue weighted by Gasteiger charge is -2.08. The first kappa shape index (κ1) is 12.3. The largest absolute Gasteiger partial charge is 0.383 e. The van der Waals surface area contributed by atoms with E-state index in [1.807, 2.05) is 37.3 Å². The highest BCUT2D eigenvalue weighted by atomic mass is 19.1. The van der Waals surface area contributed by atoms with Crippen molar-refractivity contribution in [2.24, 2.45) is 10.7 Å². The zero-order valence-electron chi connectivity index (χ0n) is 10.2. The summed E-state index contributed by atoms with van der Waals surface area (Å²) >= 11 is 0. The number of nitrogens with two attached hydrogens (primary N) is 1. The maximum atomic E-state index is 12.8. The fraction of sp³-hybridized carbons (Fsp3) is 0.133. The van der Waals surface area contributed by atoms with Gasteiger partial charge in [-0.25, -0.2) is 4.39 Å². The van der Waals surface area contributed by atoms with E-state index in [9.17, 15) is 4.39 Å². The molecule has 2 aromatic rings. The minimum Gasteiger partial charge on any atom is -0.383 e. The summed E-state index contributed by atoms with van der Waals surface area (Å²) in [5.74, 6) is 0.249. The molecule has 0 aromatic heterocycles. The second kappa shape index (κ2) is 5.45. The van der Waals surface area contributed by atoms with Crippen LogP contribution in [0, 0.1) is 5.82 Å². The minimum atomic E-state index is -0.244. The standard InChI is InChI=1S/C15H15FN2/c1-11(12-7-9-14(16)10-8-12)18-15(17)13-5-3-2-4-6-13/h2-11H,1H3,(H2,17,18). The quantitative estimate of drug-likeness (QED) is 0.651. The van der Waals surface area contributed by atoms with E-state index in [2.05, 4.69) is 4.99 Å². The average Bonchev–Trinajstić information content (AvgIpc) is 2.40. The molecule has 0 aliphatic rings. The lowest BCUT2D eigenvalue weighted by Crippen LogP contribution is -2.14. The van der Waals surface area contributed by atoms with E-state index < -0.39 is 0 Å². The van der Waals surface area contributed by atoms with E-state index in [1.54, 1.807) is 12.1 Å². The molecule has 2 rings (SSSR count). The molecule has 1 atom stereocenters. The Kier molecular flexibility index (Phi) is 3.72. The van der Waals surface area contributed by atoms with Gasteiger partial charge in [0, 0.05) is 5.56 Å². The third-order valence-corrected chi connectivity index (χ3v) is 2.75. The molecular weight excluding hydrogens is 227 g/mol. The van der Waals surface area contributed by atoms with Gasteiger partial charge in [0.1, 0.15) is 11.7 Å². The van der Waals surface area contributed by atoms with Crippen LogP contribution in [0.4, 0.5) is 4.39 Å². The van der Waals surface area contributed by atoms with Gasteiger partial charge in [-0.15, -0.1) is 0 Å². The molecule has 0 aliphatic heterocycles. The smallest absolute Gasteiger partial charge is 0.126 e. The third kappa shape index (κ3) is 2.94. The van der Waals surface area contributed by atoms with Crippen molar-refractivity contribution in [3.8, 4) is 0 Å². The molecule has 0 bridgehead atoms. The van der Waals surface area contributed by atoms with Crippen LogP contribution in [-0.4, -0.2) is 5.84 Å². The minimum absolute atomic E-state index is 0.0918. The molecule has 92 valence electrons. The Morgan fingerprint density at radius 2 is 1.67 bits per heavy atom. The summed E-state index contributed by atoms with van der Waals surface area (Å²) in [4.78, 5) is 4.42. The molecule has 1 unspecified atom stereocenters. The van der Waals surface area contributed by atoms with Gasteiger partial charge < -0.3 is 5.73 Å². The van der Waals surface area contributed by atoms with E-state index >= 15 is 0 Å². The second-order valence-corrected chi connectivity index (χ2v) is 4.11. The van der Waals surface area contributed by atoms with Crippen molar-refractivity contribution in [2.45, 2.75) is 13.0 Å². The number of hydrogen-bond acceptors (Lipinski definition) is 1. The highest BCUT2D eigenvalue weighted by Gasteiger charge is 2.05. The van der Waals surface area contributed by atoms with Crippen LogP contribution in [-0.2, 0) is 0 Å². The third-order valence-electron chi connectivity index (χ3n) is 2.75. The first-order valence-corrected chi connectivity index (χ1v) is 5.81. The first-order chi connectivity index (χ1) is 8.66. The Morgan fingerprint density at radius 3 is 2.28 bits per heavy atom. The van der Waals surface area contributed by atoms with Crippen molar-refractivity contribution in [3.63, 3.8) is 0 Å². The molecular formula is C15H15FN2. The molecule has 0 radical (unpaired) electrons. The Bertz CT molecular complexity index is 532. The fourth-order valence-corrected chi connectivity index (χ4v) is 1.71. The van der Waals surface area contributed by atoms with Gasteiger partial charge in [-0.2, -0.15) is 0 Å². The number of hydrogen-bond donors (Lipinski definition) is 1. The Labute approximate surface area is 106 Å². The summed E-state index contributed by atoms with van der Waals surface area (Å²) in [7, 11) is 0. The van der Waals surface area contributed by atoms with E-state index in [0.717, 1.165) is 11.1 Å². The molecule has 0 spiro atoms. The summed E-state index contributed by atoms with van der Waals surface area (Å²) in [5, 5.41) is 0. The van der Waals surface area contributed by atoms with E-state index in [4.69, 9.17) is 5.73 Å². The first-order valence-electron chi connectivity index (χ1n) is 5.81. The van der Waals surface area contributed by atoms with Crippen LogP contribution in [0.25, 0.3) is 0 Å². The molecule has 0 saturated heterocycles. The van der Waals surface area contributed by atoms with Crippen LogP contribution in [0.5, 0.6) is 0 Å². The van der Waals surface area contributed by atoms with Gasteiger partial charge in [-0.05, 0) is 24.6 Å². The van der Waals surface area contributed by atoms with Gasteiger partial charge in [0.2, 0.25) is 0 Å². The predicted octanol–water partition coefficient (Wildman–Crippen LogP) is 3.29.